The van der Waals surface area contributed by atoms with E-state index in [0.29, 0.717) is 23.7 Å². The number of aliphatic carboxylic acids is 1. The molecule has 0 saturated heterocycles. The summed E-state index contributed by atoms with van der Waals surface area (Å²) in [7, 11) is 0. The van der Waals surface area contributed by atoms with E-state index in [1.54, 1.807) is 18.2 Å². The summed E-state index contributed by atoms with van der Waals surface area (Å²) < 4.78 is 0. The number of carboxylic acids is 1. The molecule has 1 rings (SSSR count). The van der Waals surface area contributed by atoms with Crippen LogP contribution in [-0.2, 0) is 11.2 Å². The van der Waals surface area contributed by atoms with Gasteiger partial charge in [0.1, 0.15) is 6.10 Å². The van der Waals surface area contributed by atoms with Crippen LogP contribution in [0.3, 0.4) is 0 Å². The normalized spacial score (nSPS) is 14.2. The lowest BCUT2D eigenvalue weighted by Gasteiger charge is -2.17. The van der Waals surface area contributed by atoms with E-state index < -0.39 is 18.2 Å². The topological polar surface area (TPSA) is 77.8 Å². The number of alkyl halides is 1. The molecule has 1 aromatic carbocycles. The number of hydrogen-bond acceptors (Lipinski definition) is 3. The van der Waals surface area contributed by atoms with Gasteiger partial charge in [0, 0.05) is 11.8 Å². The lowest BCUT2D eigenvalue weighted by molar-refractivity contribution is -0.136. The molecule has 100 valence electrons. The van der Waals surface area contributed by atoms with Crippen LogP contribution < -0.4 is 0 Å². The molecule has 0 heterocycles. The Morgan fingerprint density at radius 2 is 2.06 bits per heavy atom. The molecule has 2 atom stereocenters. The van der Waals surface area contributed by atoms with E-state index >= 15 is 0 Å². The van der Waals surface area contributed by atoms with Crippen molar-refractivity contribution in [2.75, 3.05) is 5.33 Å². The van der Waals surface area contributed by atoms with E-state index in [-0.39, 0.29) is 6.42 Å². The zero-order valence-corrected chi connectivity index (χ0v) is 11.5. The molecule has 0 aliphatic heterocycles. The Balaban J connectivity index is 2.71. The number of halogens is 1. The summed E-state index contributed by atoms with van der Waals surface area (Å²) in [6.07, 6.45) is -0.819. The average molecular weight is 317 g/mol. The van der Waals surface area contributed by atoms with Crippen molar-refractivity contribution < 1.29 is 20.1 Å². The SMILES string of the molecule is O=C(O)CCc1cccc(C(O)C(O)CCBr)c1. The van der Waals surface area contributed by atoms with Gasteiger partial charge in [-0.1, -0.05) is 40.2 Å². The molecule has 0 saturated carbocycles. The number of benzene rings is 1. The summed E-state index contributed by atoms with van der Waals surface area (Å²) >= 11 is 3.21. The van der Waals surface area contributed by atoms with Crippen LogP contribution in [0.2, 0.25) is 0 Å². The first-order chi connectivity index (χ1) is 8.54. The molecule has 4 nitrogen and oxygen atoms in total. The van der Waals surface area contributed by atoms with Gasteiger partial charge in [-0.3, -0.25) is 4.79 Å². The van der Waals surface area contributed by atoms with Gasteiger partial charge in [0.25, 0.3) is 0 Å². The first-order valence-electron chi connectivity index (χ1n) is 5.77. The third-order valence-corrected chi connectivity index (χ3v) is 3.15. The van der Waals surface area contributed by atoms with Gasteiger partial charge in [-0.05, 0) is 24.0 Å². The fraction of sp³-hybridized carbons (Fsp3) is 0.462. The first-order valence-corrected chi connectivity index (χ1v) is 6.89. The third-order valence-electron chi connectivity index (χ3n) is 2.69. The molecule has 0 amide bonds. The average Bonchev–Trinajstić information content (AvgIpc) is 2.36. The van der Waals surface area contributed by atoms with Gasteiger partial charge in [0.15, 0.2) is 0 Å². The Kier molecular flexibility index (Phi) is 6.32. The van der Waals surface area contributed by atoms with Crippen LogP contribution in [0.4, 0.5) is 0 Å². The summed E-state index contributed by atoms with van der Waals surface area (Å²) in [5.74, 6) is -0.847. The largest absolute Gasteiger partial charge is 0.481 e. The lowest BCUT2D eigenvalue weighted by Crippen LogP contribution is -2.18. The van der Waals surface area contributed by atoms with E-state index in [9.17, 15) is 15.0 Å². The van der Waals surface area contributed by atoms with E-state index in [1.807, 2.05) is 6.07 Å². The van der Waals surface area contributed by atoms with Crippen molar-refractivity contribution in [3.05, 3.63) is 35.4 Å². The monoisotopic (exact) mass is 316 g/mol. The Morgan fingerprint density at radius 3 is 2.67 bits per heavy atom. The molecule has 0 aromatic heterocycles. The second-order valence-corrected chi connectivity index (χ2v) is 4.92. The van der Waals surface area contributed by atoms with Crippen molar-refractivity contribution in [1.82, 2.24) is 0 Å². The van der Waals surface area contributed by atoms with Gasteiger partial charge in [-0.2, -0.15) is 0 Å². The smallest absolute Gasteiger partial charge is 0.303 e. The summed E-state index contributed by atoms with van der Waals surface area (Å²) in [4.78, 5) is 10.5. The molecule has 0 aliphatic rings. The van der Waals surface area contributed by atoms with Gasteiger partial charge >= 0.3 is 5.97 Å². The van der Waals surface area contributed by atoms with Crippen molar-refractivity contribution in [2.24, 2.45) is 0 Å². The molecule has 0 fully saturated rings. The number of aliphatic hydroxyl groups is 2. The van der Waals surface area contributed by atoms with Crippen molar-refractivity contribution in [3.8, 4) is 0 Å². The molecular formula is C13H17BrO4. The van der Waals surface area contributed by atoms with Crippen LogP contribution in [-0.4, -0.2) is 32.7 Å². The summed E-state index contributed by atoms with van der Waals surface area (Å²) in [6, 6.07) is 7.05. The predicted octanol–water partition coefficient (Wildman–Crippen LogP) is 1.88. The molecule has 0 bridgehead atoms. The van der Waals surface area contributed by atoms with Gasteiger partial charge in [0.05, 0.1) is 6.10 Å². The van der Waals surface area contributed by atoms with Gasteiger partial charge < -0.3 is 15.3 Å². The minimum Gasteiger partial charge on any atom is -0.481 e. The number of carboxylic acid groups (broad SMARTS) is 1. The van der Waals surface area contributed by atoms with Crippen LogP contribution in [0.1, 0.15) is 30.1 Å². The van der Waals surface area contributed by atoms with E-state index in [0.717, 1.165) is 5.56 Å². The number of carbonyl (C=O) groups is 1. The summed E-state index contributed by atoms with van der Waals surface area (Å²) in [5, 5.41) is 28.9. The summed E-state index contributed by atoms with van der Waals surface area (Å²) in [5.41, 5.74) is 1.46. The second-order valence-electron chi connectivity index (χ2n) is 4.13. The highest BCUT2D eigenvalue weighted by Gasteiger charge is 2.17. The third kappa shape index (κ3) is 4.76. The lowest BCUT2D eigenvalue weighted by atomic mass is 9.99. The van der Waals surface area contributed by atoms with Crippen LogP contribution in [0, 0.1) is 0 Å². The Morgan fingerprint density at radius 1 is 1.33 bits per heavy atom. The standard InChI is InChI=1S/C13H17BrO4/c14-7-6-11(15)13(18)10-3-1-2-9(8-10)4-5-12(16)17/h1-3,8,11,13,15,18H,4-7H2,(H,16,17). The molecule has 2 unspecified atom stereocenters. The van der Waals surface area contributed by atoms with Crippen molar-refractivity contribution in [2.45, 2.75) is 31.5 Å². The zero-order valence-electron chi connectivity index (χ0n) is 9.92. The van der Waals surface area contributed by atoms with Crippen LogP contribution in [0.25, 0.3) is 0 Å². The zero-order chi connectivity index (χ0) is 13.5. The van der Waals surface area contributed by atoms with E-state index in [4.69, 9.17) is 5.11 Å². The van der Waals surface area contributed by atoms with Crippen molar-refractivity contribution in [3.63, 3.8) is 0 Å². The maximum absolute atomic E-state index is 10.5. The highest BCUT2D eigenvalue weighted by molar-refractivity contribution is 9.09. The number of aryl methyl sites for hydroxylation is 1. The summed E-state index contributed by atoms with van der Waals surface area (Å²) in [6.45, 7) is 0. The highest BCUT2D eigenvalue weighted by atomic mass is 79.9. The quantitative estimate of drug-likeness (QED) is 0.671. The second kappa shape index (κ2) is 7.51. The highest BCUT2D eigenvalue weighted by Crippen LogP contribution is 2.21. The fourth-order valence-electron chi connectivity index (χ4n) is 1.68. The molecule has 1 aromatic rings. The van der Waals surface area contributed by atoms with Crippen molar-refractivity contribution in [1.29, 1.82) is 0 Å². The Labute approximate surface area is 114 Å². The van der Waals surface area contributed by atoms with Crippen LogP contribution >= 0.6 is 15.9 Å². The van der Waals surface area contributed by atoms with E-state index in [1.165, 1.54) is 0 Å². The molecular weight excluding hydrogens is 300 g/mol. The van der Waals surface area contributed by atoms with Gasteiger partial charge in [-0.15, -0.1) is 0 Å². The molecule has 3 N–H and O–H groups in total. The number of aliphatic hydroxyl groups excluding tert-OH is 2. The minimum atomic E-state index is -0.938. The van der Waals surface area contributed by atoms with E-state index in [2.05, 4.69) is 15.9 Å². The van der Waals surface area contributed by atoms with Gasteiger partial charge in [0.2, 0.25) is 0 Å². The molecule has 0 aliphatic carbocycles. The Hall–Kier alpha value is -0.910. The van der Waals surface area contributed by atoms with Gasteiger partial charge in [-0.25, -0.2) is 0 Å². The maximum Gasteiger partial charge on any atom is 0.303 e. The number of hydrogen-bond donors (Lipinski definition) is 3. The fourth-order valence-corrected chi connectivity index (χ4v) is 2.14. The molecule has 5 heteroatoms. The molecule has 18 heavy (non-hydrogen) atoms. The van der Waals surface area contributed by atoms with Crippen LogP contribution in [0.5, 0.6) is 0 Å². The molecule has 0 radical (unpaired) electrons. The number of rotatable bonds is 7. The van der Waals surface area contributed by atoms with Crippen LogP contribution in [0.15, 0.2) is 24.3 Å². The Bertz CT molecular complexity index is 394. The minimum absolute atomic E-state index is 0.0590. The maximum atomic E-state index is 10.5. The first kappa shape index (κ1) is 15.1. The predicted molar refractivity (Wildman–Crippen MR) is 71.8 cm³/mol. The van der Waals surface area contributed by atoms with Crippen molar-refractivity contribution >= 4 is 21.9 Å². The molecule has 0 spiro atoms.